The van der Waals surface area contributed by atoms with Crippen LogP contribution in [0.4, 0.5) is 0 Å². The minimum Gasteiger partial charge on any atom is -0.496 e. The van der Waals surface area contributed by atoms with Gasteiger partial charge in [-0.25, -0.2) is 4.79 Å². The first-order valence-corrected chi connectivity index (χ1v) is 7.88. The zero-order valence-corrected chi connectivity index (χ0v) is 14.7. The monoisotopic (exact) mass is 367 g/mol. The average Bonchev–Trinajstić information content (AvgIpc) is 2.90. The number of carbonyl (C=O) groups is 2. The minimum atomic E-state index is -0.614. The minimum absolute atomic E-state index is 0.187. The third-order valence-corrected chi connectivity index (χ3v) is 4.26. The topological polar surface area (TPSA) is 89.3 Å². The summed E-state index contributed by atoms with van der Waals surface area (Å²) in [6.07, 6.45) is 2.56. The van der Waals surface area contributed by atoms with Crippen molar-refractivity contribution in [1.29, 1.82) is 0 Å². The van der Waals surface area contributed by atoms with Crippen molar-refractivity contribution in [2.75, 3.05) is 14.2 Å². The molecule has 7 nitrogen and oxygen atoms in total. The van der Waals surface area contributed by atoms with Gasteiger partial charge >= 0.3 is 5.97 Å². The molecular weight excluding hydrogens is 354 g/mol. The van der Waals surface area contributed by atoms with E-state index in [1.54, 1.807) is 19.2 Å². The summed E-state index contributed by atoms with van der Waals surface area (Å²) in [5.74, 6) is -0.443. The number of hydrogen-bond donors (Lipinski definition) is 1. The molecule has 1 aromatic carbocycles. The van der Waals surface area contributed by atoms with Gasteiger partial charge in [-0.05, 0) is 36.4 Å². The summed E-state index contributed by atoms with van der Waals surface area (Å²) < 4.78 is 9.74. The molecule has 0 aromatic heterocycles. The molecule has 2 rings (SSSR count). The number of ether oxygens (including phenoxy) is 2. The fourth-order valence-electron chi connectivity index (χ4n) is 1.73. The second-order valence-electron chi connectivity index (χ2n) is 4.58. The molecule has 1 aliphatic heterocycles. The second-order valence-corrected chi connectivity index (χ2v) is 6.02. The molecule has 1 saturated heterocycles. The molecular formula is C15H14ClN3O4S. The van der Waals surface area contributed by atoms with Gasteiger partial charge in [0.1, 0.15) is 5.75 Å². The third-order valence-electron chi connectivity index (χ3n) is 2.96. The standard InChI is InChI=1S/C15H14ClN3O4S/c1-8-4-11(22-2)9(5-10(8)16)7-17-19-15-18-14(21)12(24-15)6-13(20)23-3/h4-7H,1-3H3,(H,18,19,21)/b12-6+,17-7?. The first-order valence-electron chi connectivity index (χ1n) is 6.68. The number of methoxy groups -OCH3 is 2. The Balaban J connectivity index is 2.16. The molecule has 1 amide bonds. The van der Waals surface area contributed by atoms with Crippen molar-refractivity contribution in [3.05, 3.63) is 39.3 Å². The summed E-state index contributed by atoms with van der Waals surface area (Å²) in [5.41, 5.74) is 1.53. The van der Waals surface area contributed by atoms with E-state index in [2.05, 4.69) is 20.3 Å². The summed E-state index contributed by atoms with van der Waals surface area (Å²) in [6, 6.07) is 3.50. The summed E-state index contributed by atoms with van der Waals surface area (Å²) in [5, 5.41) is 11.2. The number of halogens is 1. The van der Waals surface area contributed by atoms with Crippen LogP contribution in [0, 0.1) is 6.92 Å². The van der Waals surface area contributed by atoms with Crippen LogP contribution in [-0.2, 0) is 14.3 Å². The van der Waals surface area contributed by atoms with Crippen molar-refractivity contribution in [3.63, 3.8) is 0 Å². The van der Waals surface area contributed by atoms with Crippen LogP contribution in [0.5, 0.6) is 5.75 Å². The fraction of sp³-hybridized carbons (Fsp3) is 0.200. The van der Waals surface area contributed by atoms with E-state index in [1.165, 1.54) is 13.3 Å². The van der Waals surface area contributed by atoms with Gasteiger partial charge in [0.25, 0.3) is 5.91 Å². The van der Waals surface area contributed by atoms with Gasteiger partial charge in [-0.2, -0.15) is 5.10 Å². The highest BCUT2D eigenvalue weighted by Crippen LogP contribution is 2.26. The number of benzene rings is 1. The van der Waals surface area contributed by atoms with Crippen LogP contribution in [0.25, 0.3) is 0 Å². The van der Waals surface area contributed by atoms with Crippen LogP contribution in [0.2, 0.25) is 5.02 Å². The quantitative estimate of drug-likeness (QED) is 0.381. The number of nitrogens with zero attached hydrogens (tertiary/aromatic N) is 2. The molecule has 0 radical (unpaired) electrons. The summed E-state index contributed by atoms with van der Waals surface area (Å²) >= 11 is 7.08. The highest BCUT2D eigenvalue weighted by molar-refractivity contribution is 8.18. The number of thioether (sulfide) groups is 1. The highest BCUT2D eigenvalue weighted by atomic mass is 35.5. The third kappa shape index (κ3) is 4.36. The van der Waals surface area contributed by atoms with Crippen LogP contribution < -0.4 is 10.1 Å². The van der Waals surface area contributed by atoms with Gasteiger partial charge in [0.15, 0.2) is 5.17 Å². The van der Waals surface area contributed by atoms with Crippen molar-refractivity contribution in [2.24, 2.45) is 10.2 Å². The van der Waals surface area contributed by atoms with Crippen molar-refractivity contribution in [3.8, 4) is 5.75 Å². The molecule has 126 valence electrons. The number of amides is 1. The molecule has 1 N–H and O–H groups in total. The van der Waals surface area contributed by atoms with Crippen molar-refractivity contribution in [1.82, 2.24) is 5.32 Å². The molecule has 0 saturated carbocycles. The molecule has 1 heterocycles. The zero-order chi connectivity index (χ0) is 17.7. The lowest BCUT2D eigenvalue weighted by Gasteiger charge is -2.06. The number of amidine groups is 1. The lowest BCUT2D eigenvalue weighted by Crippen LogP contribution is -2.19. The Morgan fingerprint density at radius 2 is 2.12 bits per heavy atom. The number of carbonyl (C=O) groups excluding carboxylic acids is 2. The Morgan fingerprint density at radius 1 is 1.38 bits per heavy atom. The Hall–Kier alpha value is -2.32. The van der Waals surface area contributed by atoms with Crippen LogP contribution in [0.1, 0.15) is 11.1 Å². The molecule has 1 aromatic rings. The Morgan fingerprint density at radius 3 is 2.79 bits per heavy atom. The molecule has 0 unspecified atom stereocenters. The van der Waals surface area contributed by atoms with Crippen LogP contribution in [0.15, 0.2) is 33.3 Å². The fourth-order valence-corrected chi connectivity index (χ4v) is 2.64. The van der Waals surface area contributed by atoms with Gasteiger partial charge in [0.2, 0.25) is 0 Å². The lowest BCUT2D eigenvalue weighted by molar-refractivity contribution is -0.135. The van der Waals surface area contributed by atoms with Gasteiger partial charge in [-0.1, -0.05) is 11.6 Å². The van der Waals surface area contributed by atoms with E-state index < -0.39 is 11.9 Å². The summed E-state index contributed by atoms with van der Waals surface area (Å²) in [6.45, 7) is 1.87. The first kappa shape index (κ1) is 18.0. The Bertz CT molecular complexity index is 774. The van der Waals surface area contributed by atoms with Gasteiger partial charge in [0.05, 0.1) is 25.3 Å². The molecule has 9 heteroatoms. The number of nitrogens with one attached hydrogen (secondary N) is 1. The van der Waals surface area contributed by atoms with Crippen molar-refractivity contribution >= 4 is 46.6 Å². The summed E-state index contributed by atoms with van der Waals surface area (Å²) in [7, 11) is 2.78. The maximum atomic E-state index is 11.7. The maximum Gasteiger partial charge on any atom is 0.331 e. The number of rotatable bonds is 4. The van der Waals surface area contributed by atoms with E-state index >= 15 is 0 Å². The van der Waals surface area contributed by atoms with Crippen molar-refractivity contribution < 1.29 is 19.1 Å². The number of esters is 1. The average molecular weight is 368 g/mol. The van der Waals surface area contributed by atoms with E-state index in [4.69, 9.17) is 16.3 Å². The van der Waals surface area contributed by atoms with Gasteiger partial charge in [-0.3, -0.25) is 10.1 Å². The predicted octanol–water partition coefficient (Wildman–Crippen LogP) is 2.27. The normalized spacial score (nSPS) is 17.6. The van der Waals surface area contributed by atoms with E-state index in [0.717, 1.165) is 23.4 Å². The van der Waals surface area contributed by atoms with Crippen LogP contribution >= 0.6 is 23.4 Å². The molecule has 0 aliphatic carbocycles. The molecule has 0 bridgehead atoms. The summed E-state index contributed by atoms with van der Waals surface area (Å²) in [4.78, 5) is 23.0. The molecule has 1 aliphatic rings. The smallest absolute Gasteiger partial charge is 0.331 e. The number of aryl methyl sites for hydroxylation is 1. The largest absolute Gasteiger partial charge is 0.496 e. The second kappa shape index (κ2) is 7.98. The van der Waals surface area contributed by atoms with E-state index in [-0.39, 0.29) is 10.1 Å². The zero-order valence-electron chi connectivity index (χ0n) is 13.1. The predicted molar refractivity (Wildman–Crippen MR) is 93.6 cm³/mol. The van der Waals surface area contributed by atoms with Gasteiger partial charge in [-0.15, -0.1) is 5.10 Å². The van der Waals surface area contributed by atoms with E-state index in [1.807, 2.05) is 6.92 Å². The first-order chi connectivity index (χ1) is 11.4. The molecule has 0 atom stereocenters. The van der Waals surface area contributed by atoms with E-state index in [0.29, 0.717) is 16.3 Å². The highest BCUT2D eigenvalue weighted by Gasteiger charge is 2.25. The Kier molecular flexibility index (Phi) is 5.99. The molecule has 24 heavy (non-hydrogen) atoms. The molecule has 1 fully saturated rings. The SMILES string of the molecule is COC(=O)/C=C1/S/C(=N\N=Cc2cc(Cl)c(C)cc2OC)NC1=O. The van der Waals surface area contributed by atoms with E-state index in [9.17, 15) is 9.59 Å². The van der Waals surface area contributed by atoms with Crippen LogP contribution in [0.3, 0.4) is 0 Å². The Labute approximate surface area is 147 Å². The molecule has 0 spiro atoms. The van der Waals surface area contributed by atoms with Crippen LogP contribution in [-0.4, -0.2) is 37.5 Å². The maximum absolute atomic E-state index is 11.7. The van der Waals surface area contributed by atoms with Crippen molar-refractivity contribution in [2.45, 2.75) is 6.92 Å². The number of hydrogen-bond acceptors (Lipinski definition) is 7. The van der Waals surface area contributed by atoms with Gasteiger partial charge in [0, 0.05) is 16.7 Å². The van der Waals surface area contributed by atoms with Gasteiger partial charge < -0.3 is 9.47 Å². The lowest BCUT2D eigenvalue weighted by atomic mass is 10.1.